The highest BCUT2D eigenvalue weighted by atomic mass is 16.5. The van der Waals surface area contributed by atoms with Crippen molar-refractivity contribution in [3.05, 3.63) is 36.2 Å². The average molecular weight is 247 g/mol. The third-order valence-electron chi connectivity index (χ3n) is 2.32. The van der Waals surface area contributed by atoms with E-state index in [1.54, 1.807) is 18.2 Å². The predicted octanol–water partition coefficient (Wildman–Crippen LogP) is 1.75. The number of carbonyl (C=O) groups is 1. The summed E-state index contributed by atoms with van der Waals surface area (Å²) in [5.41, 5.74) is 0.573. The van der Waals surface area contributed by atoms with Gasteiger partial charge in [0.25, 0.3) is 0 Å². The van der Waals surface area contributed by atoms with Gasteiger partial charge in [-0.3, -0.25) is 0 Å². The summed E-state index contributed by atoms with van der Waals surface area (Å²) in [6.07, 6.45) is 2.08. The molecule has 94 valence electrons. The lowest BCUT2D eigenvalue weighted by atomic mass is 10.3. The van der Waals surface area contributed by atoms with Crippen LogP contribution in [0.25, 0.3) is 5.69 Å². The van der Waals surface area contributed by atoms with Crippen LogP contribution in [0.5, 0.6) is 5.75 Å². The summed E-state index contributed by atoms with van der Waals surface area (Å²) in [4.78, 5) is 11.0. The molecule has 18 heavy (non-hydrogen) atoms. The molecule has 0 bridgehead atoms. The smallest absolute Gasteiger partial charge is 0.356 e. The Morgan fingerprint density at radius 3 is 2.94 bits per heavy atom. The van der Waals surface area contributed by atoms with Crippen LogP contribution in [-0.4, -0.2) is 32.7 Å². The van der Waals surface area contributed by atoms with Gasteiger partial charge in [-0.15, -0.1) is 5.10 Å². The SMILES string of the molecule is CCCOc1ccccc1-n1nncc1C(=O)O. The van der Waals surface area contributed by atoms with Crippen LogP contribution in [0.2, 0.25) is 0 Å². The van der Waals surface area contributed by atoms with Crippen molar-refractivity contribution in [2.24, 2.45) is 0 Å². The topological polar surface area (TPSA) is 77.2 Å². The number of rotatable bonds is 5. The highest BCUT2D eigenvalue weighted by Crippen LogP contribution is 2.23. The molecule has 1 aromatic heterocycles. The molecule has 0 radical (unpaired) electrons. The standard InChI is InChI=1S/C12H13N3O3/c1-2-7-18-11-6-4-3-5-9(11)15-10(12(16)17)8-13-14-15/h3-6,8H,2,7H2,1H3,(H,16,17). The average Bonchev–Trinajstić information content (AvgIpc) is 2.86. The second-order valence-electron chi connectivity index (χ2n) is 3.65. The van der Waals surface area contributed by atoms with E-state index in [1.807, 2.05) is 13.0 Å². The molecule has 0 amide bonds. The fourth-order valence-corrected chi connectivity index (χ4v) is 1.52. The molecule has 0 atom stereocenters. The zero-order valence-corrected chi connectivity index (χ0v) is 9.91. The molecule has 2 rings (SSSR count). The Balaban J connectivity index is 2.43. The number of aromatic carboxylic acids is 1. The molecule has 1 aromatic carbocycles. The van der Waals surface area contributed by atoms with Crippen LogP contribution >= 0.6 is 0 Å². The Morgan fingerprint density at radius 2 is 2.22 bits per heavy atom. The summed E-state index contributed by atoms with van der Waals surface area (Å²) in [5.74, 6) is -0.488. The molecule has 0 aliphatic carbocycles. The van der Waals surface area contributed by atoms with E-state index in [4.69, 9.17) is 9.84 Å². The Kier molecular flexibility index (Phi) is 3.57. The third kappa shape index (κ3) is 2.32. The number of para-hydroxylation sites is 2. The van der Waals surface area contributed by atoms with Gasteiger partial charge >= 0.3 is 5.97 Å². The number of carboxylic acid groups (broad SMARTS) is 1. The van der Waals surface area contributed by atoms with E-state index in [-0.39, 0.29) is 5.69 Å². The van der Waals surface area contributed by atoms with Crippen molar-refractivity contribution >= 4 is 5.97 Å². The van der Waals surface area contributed by atoms with Crippen molar-refractivity contribution in [1.82, 2.24) is 15.0 Å². The highest BCUT2D eigenvalue weighted by molar-refractivity contribution is 5.86. The first-order chi connectivity index (χ1) is 8.74. The van der Waals surface area contributed by atoms with Gasteiger partial charge in [0.1, 0.15) is 11.4 Å². The number of hydrogen-bond donors (Lipinski definition) is 1. The molecule has 0 saturated heterocycles. The van der Waals surface area contributed by atoms with Gasteiger partial charge in [0.15, 0.2) is 5.69 Å². The lowest BCUT2D eigenvalue weighted by Crippen LogP contribution is -2.10. The van der Waals surface area contributed by atoms with Crippen molar-refractivity contribution in [2.75, 3.05) is 6.61 Å². The van der Waals surface area contributed by atoms with Gasteiger partial charge in [0.2, 0.25) is 0 Å². The summed E-state index contributed by atoms with van der Waals surface area (Å²) in [7, 11) is 0. The molecule has 6 nitrogen and oxygen atoms in total. The predicted molar refractivity (Wildman–Crippen MR) is 64.1 cm³/mol. The molecule has 1 N–H and O–H groups in total. The Labute approximate surface area is 104 Å². The van der Waals surface area contributed by atoms with Crippen molar-refractivity contribution in [3.8, 4) is 11.4 Å². The molecule has 0 saturated carbocycles. The lowest BCUT2D eigenvalue weighted by Gasteiger charge is -2.10. The number of aromatic nitrogens is 3. The first kappa shape index (κ1) is 12.1. The van der Waals surface area contributed by atoms with Crippen molar-refractivity contribution in [1.29, 1.82) is 0 Å². The van der Waals surface area contributed by atoms with Gasteiger partial charge in [-0.1, -0.05) is 24.3 Å². The largest absolute Gasteiger partial charge is 0.491 e. The molecule has 0 unspecified atom stereocenters. The fraction of sp³-hybridized carbons (Fsp3) is 0.250. The quantitative estimate of drug-likeness (QED) is 0.871. The second kappa shape index (κ2) is 5.31. The van der Waals surface area contributed by atoms with E-state index >= 15 is 0 Å². The van der Waals surface area contributed by atoms with Crippen LogP contribution in [0.3, 0.4) is 0 Å². The monoisotopic (exact) mass is 247 g/mol. The van der Waals surface area contributed by atoms with E-state index in [0.717, 1.165) is 6.42 Å². The summed E-state index contributed by atoms with van der Waals surface area (Å²) in [5, 5.41) is 16.4. The maximum atomic E-state index is 11.0. The lowest BCUT2D eigenvalue weighted by molar-refractivity contribution is 0.0687. The molecule has 6 heteroatoms. The van der Waals surface area contributed by atoms with E-state index in [2.05, 4.69) is 10.3 Å². The van der Waals surface area contributed by atoms with Gasteiger partial charge < -0.3 is 9.84 Å². The van der Waals surface area contributed by atoms with E-state index in [0.29, 0.717) is 18.0 Å². The number of ether oxygens (including phenoxy) is 1. The summed E-state index contributed by atoms with van der Waals surface area (Å²) >= 11 is 0. The Hall–Kier alpha value is -2.37. The summed E-state index contributed by atoms with van der Waals surface area (Å²) < 4.78 is 6.82. The van der Waals surface area contributed by atoms with Gasteiger partial charge in [0, 0.05) is 0 Å². The van der Waals surface area contributed by atoms with Crippen LogP contribution in [0.4, 0.5) is 0 Å². The van der Waals surface area contributed by atoms with Gasteiger partial charge in [-0.2, -0.15) is 0 Å². The summed E-state index contributed by atoms with van der Waals surface area (Å²) in [6.45, 7) is 2.56. The van der Waals surface area contributed by atoms with Crippen LogP contribution < -0.4 is 4.74 Å². The maximum Gasteiger partial charge on any atom is 0.356 e. The number of nitrogens with zero attached hydrogens (tertiary/aromatic N) is 3. The zero-order valence-electron chi connectivity index (χ0n) is 9.91. The normalized spacial score (nSPS) is 10.3. The molecule has 0 fully saturated rings. The molecule has 2 aromatic rings. The second-order valence-corrected chi connectivity index (χ2v) is 3.65. The van der Waals surface area contributed by atoms with E-state index < -0.39 is 5.97 Å². The maximum absolute atomic E-state index is 11.0. The van der Waals surface area contributed by atoms with E-state index in [9.17, 15) is 4.79 Å². The number of benzene rings is 1. The molecular weight excluding hydrogens is 234 g/mol. The minimum absolute atomic E-state index is 0.00236. The van der Waals surface area contributed by atoms with Crippen molar-refractivity contribution < 1.29 is 14.6 Å². The summed E-state index contributed by atoms with van der Waals surface area (Å²) in [6, 6.07) is 7.14. The van der Waals surface area contributed by atoms with Gasteiger partial charge in [-0.05, 0) is 18.6 Å². The first-order valence-electron chi connectivity index (χ1n) is 5.60. The first-order valence-corrected chi connectivity index (χ1v) is 5.60. The Morgan fingerprint density at radius 1 is 1.44 bits per heavy atom. The third-order valence-corrected chi connectivity index (χ3v) is 2.32. The molecule has 1 heterocycles. The minimum Gasteiger partial charge on any atom is -0.491 e. The van der Waals surface area contributed by atoms with Crippen LogP contribution in [0.1, 0.15) is 23.8 Å². The molecule has 0 aliphatic rings. The van der Waals surface area contributed by atoms with E-state index in [1.165, 1.54) is 10.9 Å². The number of carboxylic acids is 1. The van der Waals surface area contributed by atoms with Crippen LogP contribution in [-0.2, 0) is 0 Å². The van der Waals surface area contributed by atoms with Crippen LogP contribution in [0, 0.1) is 0 Å². The molecule has 0 spiro atoms. The fourth-order valence-electron chi connectivity index (χ4n) is 1.52. The molecule has 0 aliphatic heterocycles. The highest BCUT2D eigenvalue weighted by Gasteiger charge is 2.15. The van der Waals surface area contributed by atoms with Crippen molar-refractivity contribution in [2.45, 2.75) is 13.3 Å². The minimum atomic E-state index is -1.08. The Bertz CT molecular complexity index is 551. The zero-order chi connectivity index (χ0) is 13.0. The molecular formula is C12H13N3O3. The van der Waals surface area contributed by atoms with Gasteiger partial charge in [0.05, 0.1) is 12.8 Å². The van der Waals surface area contributed by atoms with Crippen molar-refractivity contribution in [3.63, 3.8) is 0 Å². The van der Waals surface area contributed by atoms with Gasteiger partial charge in [-0.25, -0.2) is 9.48 Å². The number of hydrogen-bond acceptors (Lipinski definition) is 4. The van der Waals surface area contributed by atoms with Crippen LogP contribution in [0.15, 0.2) is 30.5 Å².